The zero-order chi connectivity index (χ0) is 14.5. The molecule has 3 nitrogen and oxygen atoms in total. The van der Waals surface area contributed by atoms with Crippen molar-refractivity contribution < 1.29 is 0 Å². The predicted octanol–water partition coefficient (Wildman–Crippen LogP) is 4.44. The molecule has 0 aliphatic carbocycles. The standard InChI is InChI=1S/C17H16BrN3/c18-14-8-9-16-15(11-14)17(21-12-20-16)19-10-4-7-13-5-2-1-3-6-13/h1-3,5-6,8-9,11-12H,4,7,10H2,(H,19,20,21). The first kappa shape index (κ1) is 14.0. The number of nitrogens with zero attached hydrogens (tertiary/aromatic N) is 2. The topological polar surface area (TPSA) is 37.8 Å². The molecule has 0 fully saturated rings. The zero-order valence-corrected chi connectivity index (χ0v) is 13.2. The first-order valence-electron chi connectivity index (χ1n) is 7.01. The monoisotopic (exact) mass is 341 g/mol. The van der Waals surface area contributed by atoms with Crippen molar-refractivity contribution >= 4 is 32.7 Å². The Bertz CT molecular complexity index is 728. The van der Waals surface area contributed by atoms with E-state index in [1.165, 1.54) is 5.56 Å². The number of rotatable bonds is 5. The van der Waals surface area contributed by atoms with Crippen LogP contribution in [0.2, 0.25) is 0 Å². The molecule has 4 heteroatoms. The quantitative estimate of drug-likeness (QED) is 0.697. The maximum atomic E-state index is 4.35. The number of halogens is 1. The molecular weight excluding hydrogens is 326 g/mol. The van der Waals surface area contributed by atoms with E-state index in [0.29, 0.717) is 0 Å². The summed E-state index contributed by atoms with van der Waals surface area (Å²) in [4.78, 5) is 8.64. The Morgan fingerprint density at radius 1 is 1.00 bits per heavy atom. The largest absolute Gasteiger partial charge is 0.369 e. The van der Waals surface area contributed by atoms with Crippen molar-refractivity contribution in [1.82, 2.24) is 9.97 Å². The van der Waals surface area contributed by atoms with E-state index in [4.69, 9.17) is 0 Å². The van der Waals surface area contributed by atoms with Crippen LogP contribution in [0.3, 0.4) is 0 Å². The second kappa shape index (κ2) is 6.68. The van der Waals surface area contributed by atoms with Gasteiger partial charge in [-0.25, -0.2) is 9.97 Å². The highest BCUT2D eigenvalue weighted by Gasteiger charge is 2.03. The van der Waals surface area contributed by atoms with Crippen LogP contribution in [0.4, 0.5) is 5.82 Å². The molecule has 0 aliphatic rings. The van der Waals surface area contributed by atoms with Crippen molar-refractivity contribution in [2.75, 3.05) is 11.9 Å². The average Bonchev–Trinajstić information content (AvgIpc) is 2.53. The fourth-order valence-electron chi connectivity index (χ4n) is 2.31. The van der Waals surface area contributed by atoms with Gasteiger partial charge in [-0.15, -0.1) is 0 Å². The molecule has 0 amide bonds. The van der Waals surface area contributed by atoms with Crippen molar-refractivity contribution in [2.24, 2.45) is 0 Å². The van der Waals surface area contributed by atoms with Crippen LogP contribution in [0.15, 0.2) is 59.3 Å². The molecule has 0 bridgehead atoms. The second-order valence-electron chi connectivity index (χ2n) is 4.90. The van der Waals surface area contributed by atoms with Crippen LogP contribution >= 0.6 is 15.9 Å². The van der Waals surface area contributed by atoms with E-state index in [0.717, 1.165) is 40.6 Å². The number of hydrogen-bond donors (Lipinski definition) is 1. The van der Waals surface area contributed by atoms with Crippen LogP contribution in [-0.4, -0.2) is 16.5 Å². The van der Waals surface area contributed by atoms with Crippen LogP contribution in [0.25, 0.3) is 10.9 Å². The fraction of sp³-hybridized carbons (Fsp3) is 0.176. The minimum absolute atomic E-state index is 0.896. The Morgan fingerprint density at radius 2 is 1.86 bits per heavy atom. The smallest absolute Gasteiger partial charge is 0.137 e. The summed E-state index contributed by atoms with van der Waals surface area (Å²) in [6, 6.07) is 16.6. The maximum absolute atomic E-state index is 4.35. The molecular formula is C17H16BrN3. The van der Waals surface area contributed by atoms with E-state index < -0.39 is 0 Å². The highest BCUT2D eigenvalue weighted by atomic mass is 79.9. The van der Waals surface area contributed by atoms with Gasteiger partial charge in [0.1, 0.15) is 12.1 Å². The fourth-order valence-corrected chi connectivity index (χ4v) is 2.67. The lowest BCUT2D eigenvalue weighted by Crippen LogP contribution is -2.05. The van der Waals surface area contributed by atoms with E-state index in [2.05, 4.69) is 61.5 Å². The molecule has 0 atom stereocenters. The molecule has 0 unspecified atom stereocenters. The summed E-state index contributed by atoms with van der Waals surface area (Å²) in [6.07, 6.45) is 3.75. The molecule has 0 aliphatic heterocycles. The minimum atomic E-state index is 0.896. The van der Waals surface area contributed by atoms with Gasteiger partial charge in [-0.3, -0.25) is 0 Å². The Kier molecular flexibility index (Phi) is 4.46. The molecule has 3 aromatic rings. The Hall–Kier alpha value is -1.94. The summed E-state index contributed by atoms with van der Waals surface area (Å²) in [5.41, 5.74) is 2.33. The van der Waals surface area contributed by atoms with Crippen LogP contribution in [0.1, 0.15) is 12.0 Å². The number of benzene rings is 2. The third kappa shape index (κ3) is 3.58. The summed E-state index contributed by atoms with van der Waals surface area (Å²) in [7, 11) is 0. The summed E-state index contributed by atoms with van der Waals surface area (Å²) < 4.78 is 1.04. The van der Waals surface area contributed by atoms with Gasteiger partial charge >= 0.3 is 0 Å². The Balaban J connectivity index is 1.64. The average molecular weight is 342 g/mol. The normalized spacial score (nSPS) is 10.7. The molecule has 106 valence electrons. The molecule has 3 rings (SSSR count). The number of nitrogens with one attached hydrogen (secondary N) is 1. The van der Waals surface area contributed by atoms with Crippen molar-refractivity contribution in [3.05, 3.63) is 64.9 Å². The molecule has 2 aromatic carbocycles. The predicted molar refractivity (Wildman–Crippen MR) is 90.5 cm³/mol. The molecule has 1 heterocycles. The van der Waals surface area contributed by atoms with Gasteiger partial charge < -0.3 is 5.32 Å². The van der Waals surface area contributed by atoms with Crippen molar-refractivity contribution in [3.8, 4) is 0 Å². The minimum Gasteiger partial charge on any atom is -0.369 e. The Morgan fingerprint density at radius 3 is 2.71 bits per heavy atom. The van der Waals surface area contributed by atoms with Crippen molar-refractivity contribution in [3.63, 3.8) is 0 Å². The van der Waals surface area contributed by atoms with E-state index >= 15 is 0 Å². The van der Waals surface area contributed by atoms with Crippen LogP contribution < -0.4 is 5.32 Å². The number of fused-ring (bicyclic) bond motifs is 1. The SMILES string of the molecule is Brc1ccc2ncnc(NCCCc3ccccc3)c2c1. The van der Waals surface area contributed by atoms with Gasteiger partial charge in [-0.1, -0.05) is 46.3 Å². The van der Waals surface area contributed by atoms with Gasteiger partial charge in [-0.2, -0.15) is 0 Å². The summed E-state index contributed by atoms with van der Waals surface area (Å²) in [6.45, 7) is 0.896. The number of aryl methyl sites for hydroxylation is 1. The molecule has 0 saturated heterocycles. The van der Waals surface area contributed by atoms with Gasteiger partial charge in [-0.05, 0) is 36.6 Å². The molecule has 1 aromatic heterocycles. The van der Waals surface area contributed by atoms with Crippen LogP contribution in [-0.2, 0) is 6.42 Å². The molecule has 1 N–H and O–H groups in total. The lowest BCUT2D eigenvalue weighted by molar-refractivity contribution is 0.859. The zero-order valence-electron chi connectivity index (χ0n) is 11.6. The number of anilines is 1. The second-order valence-corrected chi connectivity index (χ2v) is 5.82. The lowest BCUT2D eigenvalue weighted by atomic mass is 10.1. The maximum Gasteiger partial charge on any atom is 0.137 e. The summed E-state index contributed by atoms with van der Waals surface area (Å²) in [5.74, 6) is 0.898. The van der Waals surface area contributed by atoms with E-state index in [1.807, 2.05) is 18.2 Å². The molecule has 0 spiro atoms. The van der Waals surface area contributed by atoms with Crippen molar-refractivity contribution in [2.45, 2.75) is 12.8 Å². The first-order chi connectivity index (χ1) is 10.3. The third-order valence-corrected chi connectivity index (χ3v) is 3.87. The first-order valence-corrected chi connectivity index (χ1v) is 7.80. The van der Waals surface area contributed by atoms with Crippen LogP contribution in [0.5, 0.6) is 0 Å². The van der Waals surface area contributed by atoms with E-state index in [9.17, 15) is 0 Å². The molecule has 21 heavy (non-hydrogen) atoms. The lowest BCUT2D eigenvalue weighted by Gasteiger charge is -2.08. The third-order valence-electron chi connectivity index (χ3n) is 3.37. The highest BCUT2D eigenvalue weighted by molar-refractivity contribution is 9.10. The van der Waals surface area contributed by atoms with Gasteiger partial charge in [0.2, 0.25) is 0 Å². The van der Waals surface area contributed by atoms with Gasteiger partial charge in [0.25, 0.3) is 0 Å². The Labute approximate surface area is 132 Å². The van der Waals surface area contributed by atoms with Crippen molar-refractivity contribution in [1.29, 1.82) is 0 Å². The highest BCUT2D eigenvalue weighted by Crippen LogP contribution is 2.23. The van der Waals surface area contributed by atoms with Crippen LogP contribution in [0, 0.1) is 0 Å². The summed E-state index contributed by atoms with van der Waals surface area (Å²) in [5, 5.41) is 4.46. The van der Waals surface area contributed by atoms with Gasteiger partial charge in [0, 0.05) is 16.4 Å². The van der Waals surface area contributed by atoms with E-state index in [-0.39, 0.29) is 0 Å². The number of aromatic nitrogens is 2. The number of hydrogen-bond acceptors (Lipinski definition) is 3. The van der Waals surface area contributed by atoms with Gasteiger partial charge in [0.05, 0.1) is 5.52 Å². The van der Waals surface area contributed by atoms with E-state index in [1.54, 1.807) is 6.33 Å². The molecule has 0 saturated carbocycles. The summed E-state index contributed by atoms with van der Waals surface area (Å²) >= 11 is 3.50. The molecule has 0 radical (unpaired) electrons. The van der Waals surface area contributed by atoms with Gasteiger partial charge in [0.15, 0.2) is 0 Å².